The van der Waals surface area contributed by atoms with E-state index < -0.39 is 0 Å². The monoisotopic (exact) mass is 440 g/mol. The standard InChI is InChI=1S/C23H32N6O3/c1-32-20-5-3-2-4-19(20)18-23(31)29-14-12-28(13-15-29)22-7-6-21(24-25-22)27-10-8-26(9-11-27)16-17-30/h2-7,30H,8-18H2,1H3. The molecule has 2 saturated heterocycles. The molecule has 1 amide bonds. The van der Waals surface area contributed by atoms with Crippen LogP contribution in [0, 0.1) is 0 Å². The van der Waals surface area contributed by atoms with Gasteiger partial charge in [-0.2, -0.15) is 0 Å². The first-order valence-electron chi connectivity index (χ1n) is 11.2. The third kappa shape index (κ3) is 5.28. The third-order valence-corrected chi connectivity index (χ3v) is 6.24. The molecule has 1 aromatic heterocycles. The molecule has 2 fully saturated rings. The number of carbonyl (C=O) groups is 1. The lowest BCUT2D eigenvalue weighted by atomic mass is 10.1. The van der Waals surface area contributed by atoms with Crippen molar-refractivity contribution in [3.8, 4) is 5.75 Å². The Hall–Kier alpha value is -2.91. The second-order valence-corrected chi connectivity index (χ2v) is 8.16. The molecular formula is C23H32N6O3. The fourth-order valence-electron chi connectivity index (χ4n) is 4.31. The summed E-state index contributed by atoms with van der Waals surface area (Å²) in [7, 11) is 1.63. The van der Waals surface area contributed by atoms with Gasteiger partial charge in [0.2, 0.25) is 5.91 Å². The number of nitrogens with zero attached hydrogens (tertiary/aromatic N) is 6. The lowest BCUT2D eigenvalue weighted by Crippen LogP contribution is -2.49. The lowest BCUT2D eigenvalue weighted by Gasteiger charge is -2.36. The molecule has 0 atom stereocenters. The average Bonchev–Trinajstić information content (AvgIpc) is 2.85. The zero-order chi connectivity index (χ0) is 22.3. The molecule has 172 valence electrons. The van der Waals surface area contributed by atoms with Gasteiger partial charge in [-0.3, -0.25) is 9.69 Å². The quantitative estimate of drug-likeness (QED) is 0.666. The number of carbonyl (C=O) groups excluding carboxylic acids is 1. The number of amides is 1. The first-order chi connectivity index (χ1) is 15.7. The van der Waals surface area contributed by atoms with Crippen LogP contribution in [0.15, 0.2) is 36.4 Å². The van der Waals surface area contributed by atoms with Gasteiger partial charge in [0.05, 0.1) is 20.1 Å². The SMILES string of the molecule is COc1ccccc1CC(=O)N1CCN(c2ccc(N3CCN(CCO)CC3)nn2)CC1. The molecule has 1 aromatic carbocycles. The molecule has 9 heteroatoms. The number of benzene rings is 1. The van der Waals surface area contributed by atoms with Crippen LogP contribution in [-0.4, -0.2) is 104 Å². The zero-order valence-corrected chi connectivity index (χ0v) is 18.7. The summed E-state index contributed by atoms with van der Waals surface area (Å²) in [6.07, 6.45) is 0.351. The summed E-state index contributed by atoms with van der Waals surface area (Å²) < 4.78 is 5.37. The van der Waals surface area contributed by atoms with Crippen LogP contribution in [0.1, 0.15) is 5.56 Å². The summed E-state index contributed by atoms with van der Waals surface area (Å²) in [5.74, 6) is 2.62. The first-order valence-corrected chi connectivity index (χ1v) is 11.2. The van der Waals surface area contributed by atoms with Crippen LogP contribution in [0.4, 0.5) is 11.6 Å². The van der Waals surface area contributed by atoms with E-state index in [1.165, 1.54) is 0 Å². The van der Waals surface area contributed by atoms with Crippen molar-refractivity contribution in [1.29, 1.82) is 0 Å². The highest BCUT2D eigenvalue weighted by atomic mass is 16.5. The normalized spacial score (nSPS) is 17.5. The smallest absolute Gasteiger partial charge is 0.227 e. The number of β-amino-alcohol motifs (C(OH)–C–C–N with tert-alkyl or cyclic N) is 1. The predicted molar refractivity (Wildman–Crippen MR) is 123 cm³/mol. The topological polar surface area (TPSA) is 85.3 Å². The molecule has 0 saturated carbocycles. The number of hydrogen-bond donors (Lipinski definition) is 1. The van der Waals surface area contributed by atoms with Gasteiger partial charge in [-0.05, 0) is 18.2 Å². The Morgan fingerprint density at radius 3 is 2.06 bits per heavy atom. The molecule has 0 spiro atoms. The Balaban J connectivity index is 1.27. The van der Waals surface area contributed by atoms with E-state index in [9.17, 15) is 4.79 Å². The summed E-state index contributed by atoms with van der Waals surface area (Å²) in [4.78, 5) is 21.4. The number of rotatable bonds is 7. The number of aliphatic hydroxyl groups excluding tert-OH is 1. The molecule has 0 aliphatic carbocycles. The van der Waals surface area contributed by atoms with Crippen LogP contribution in [0.3, 0.4) is 0 Å². The maximum absolute atomic E-state index is 12.8. The largest absolute Gasteiger partial charge is 0.496 e. The van der Waals surface area contributed by atoms with E-state index >= 15 is 0 Å². The average molecular weight is 441 g/mol. The number of methoxy groups -OCH3 is 1. The molecule has 0 bridgehead atoms. The number of ether oxygens (including phenoxy) is 1. The fourth-order valence-corrected chi connectivity index (χ4v) is 4.31. The molecule has 3 heterocycles. The first kappa shape index (κ1) is 22.3. The van der Waals surface area contributed by atoms with E-state index in [1.807, 2.05) is 41.3 Å². The van der Waals surface area contributed by atoms with Crippen LogP contribution in [-0.2, 0) is 11.2 Å². The van der Waals surface area contributed by atoms with E-state index in [1.54, 1.807) is 7.11 Å². The molecule has 2 aromatic rings. The second-order valence-electron chi connectivity index (χ2n) is 8.16. The van der Waals surface area contributed by atoms with Gasteiger partial charge < -0.3 is 24.5 Å². The molecule has 0 unspecified atom stereocenters. The van der Waals surface area contributed by atoms with Gasteiger partial charge in [-0.25, -0.2) is 0 Å². The van der Waals surface area contributed by atoms with Crippen LogP contribution in [0.5, 0.6) is 5.75 Å². The minimum absolute atomic E-state index is 0.121. The van der Waals surface area contributed by atoms with Crippen molar-refractivity contribution in [2.24, 2.45) is 0 Å². The Kier molecular flexibility index (Phi) is 7.39. The van der Waals surface area contributed by atoms with Gasteiger partial charge in [-0.15, -0.1) is 10.2 Å². The number of para-hydroxylation sites is 1. The Bertz CT molecular complexity index is 878. The second kappa shape index (κ2) is 10.6. The van der Waals surface area contributed by atoms with Crippen molar-refractivity contribution in [1.82, 2.24) is 20.0 Å². The van der Waals surface area contributed by atoms with Gasteiger partial charge in [0.15, 0.2) is 11.6 Å². The summed E-state index contributed by atoms with van der Waals surface area (Å²) in [5, 5.41) is 18.0. The van der Waals surface area contributed by atoms with Crippen LogP contribution in [0.2, 0.25) is 0 Å². The molecule has 32 heavy (non-hydrogen) atoms. The third-order valence-electron chi connectivity index (χ3n) is 6.24. The van der Waals surface area contributed by atoms with Crippen molar-refractivity contribution in [2.75, 3.05) is 82.4 Å². The van der Waals surface area contributed by atoms with E-state index in [0.29, 0.717) is 19.5 Å². The molecule has 4 rings (SSSR count). The Morgan fingerprint density at radius 2 is 1.50 bits per heavy atom. The highest BCUT2D eigenvalue weighted by Gasteiger charge is 2.24. The van der Waals surface area contributed by atoms with Gasteiger partial charge in [0, 0.05) is 64.5 Å². The van der Waals surface area contributed by atoms with Crippen molar-refractivity contribution in [2.45, 2.75) is 6.42 Å². The highest BCUT2D eigenvalue weighted by Crippen LogP contribution is 2.20. The van der Waals surface area contributed by atoms with E-state index in [-0.39, 0.29) is 12.5 Å². The number of anilines is 2. The maximum atomic E-state index is 12.8. The minimum atomic E-state index is 0.121. The van der Waals surface area contributed by atoms with Crippen LogP contribution < -0.4 is 14.5 Å². The summed E-state index contributed by atoms with van der Waals surface area (Å²) in [6.45, 7) is 7.39. The van der Waals surface area contributed by atoms with Crippen LogP contribution in [0.25, 0.3) is 0 Å². The molecule has 9 nitrogen and oxygen atoms in total. The van der Waals surface area contributed by atoms with E-state index in [2.05, 4.69) is 24.9 Å². The van der Waals surface area contributed by atoms with Crippen molar-refractivity contribution in [3.05, 3.63) is 42.0 Å². The number of aliphatic hydroxyl groups is 1. The number of hydrogen-bond acceptors (Lipinski definition) is 8. The molecule has 2 aliphatic rings. The van der Waals surface area contributed by atoms with Crippen molar-refractivity contribution in [3.63, 3.8) is 0 Å². The molecule has 1 N–H and O–H groups in total. The predicted octanol–water partition coefficient (Wildman–Crippen LogP) is 0.491. The maximum Gasteiger partial charge on any atom is 0.227 e. The fraction of sp³-hybridized carbons (Fsp3) is 0.522. The summed E-state index contributed by atoms with van der Waals surface area (Å²) in [6, 6.07) is 11.7. The molecule has 0 radical (unpaired) electrons. The molecular weight excluding hydrogens is 408 g/mol. The van der Waals surface area contributed by atoms with Gasteiger partial charge in [0.1, 0.15) is 5.75 Å². The van der Waals surface area contributed by atoms with E-state index in [0.717, 1.165) is 68.8 Å². The van der Waals surface area contributed by atoms with Crippen LogP contribution >= 0.6 is 0 Å². The number of aromatic nitrogens is 2. The molecule has 2 aliphatic heterocycles. The summed E-state index contributed by atoms with van der Waals surface area (Å²) >= 11 is 0. The van der Waals surface area contributed by atoms with Crippen molar-refractivity contribution < 1.29 is 14.6 Å². The van der Waals surface area contributed by atoms with Gasteiger partial charge in [0.25, 0.3) is 0 Å². The zero-order valence-electron chi connectivity index (χ0n) is 18.7. The number of piperazine rings is 2. The van der Waals surface area contributed by atoms with Gasteiger partial charge in [-0.1, -0.05) is 18.2 Å². The van der Waals surface area contributed by atoms with Crippen molar-refractivity contribution >= 4 is 17.5 Å². The van der Waals surface area contributed by atoms with E-state index in [4.69, 9.17) is 9.84 Å². The Morgan fingerprint density at radius 1 is 0.906 bits per heavy atom. The lowest BCUT2D eigenvalue weighted by molar-refractivity contribution is -0.130. The minimum Gasteiger partial charge on any atom is -0.496 e. The Labute approximate surface area is 189 Å². The van der Waals surface area contributed by atoms with Gasteiger partial charge >= 0.3 is 0 Å². The highest BCUT2D eigenvalue weighted by molar-refractivity contribution is 5.79. The summed E-state index contributed by atoms with van der Waals surface area (Å²) in [5.41, 5.74) is 0.918.